The summed E-state index contributed by atoms with van der Waals surface area (Å²) in [5, 5.41) is 9.42. The number of halogens is 2. The van der Waals surface area contributed by atoms with Crippen molar-refractivity contribution < 1.29 is 23.9 Å². The zero-order valence-corrected chi connectivity index (χ0v) is 18.0. The van der Waals surface area contributed by atoms with Crippen molar-refractivity contribution in [1.82, 2.24) is 4.90 Å². The average molecular weight is 474 g/mol. The zero-order chi connectivity index (χ0) is 22.1. The number of rotatable bonds is 5. The molecule has 6 nitrogen and oxygen atoms in total. The van der Waals surface area contributed by atoms with Crippen LogP contribution in [0, 0.1) is 0 Å². The summed E-state index contributed by atoms with van der Waals surface area (Å²) < 4.78 is 5.73. The largest absolute Gasteiger partial charge is 0.478 e. The predicted molar refractivity (Wildman–Crippen MR) is 119 cm³/mol. The molecular formula is C22H13Cl2NO5S. The van der Waals surface area contributed by atoms with Gasteiger partial charge < -0.3 is 9.52 Å². The van der Waals surface area contributed by atoms with Gasteiger partial charge in [0.25, 0.3) is 11.1 Å². The first-order valence-corrected chi connectivity index (χ1v) is 10.5. The van der Waals surface area contributed by atoms with Crippen LogP contribution in [0.4, 0.5) is 4.79 Å². The first-order valence-electron chi connectivity index (χ1n) is 8.95. The number of benzene rings is 2. The van der Waals surface area contributed by atoms with E-state index in [-0.39, 0.29) is 22.0 Å². The van der Waals surface area contributed by atoms with Crippen LogP contribution in [0.15, 0.2) is 63.9 Å². The molecule has 1 N–H and O–H groups in total. The second-order valence-electron chi connectivity index (χ2n) is 6.56. The lowest BCUT2D eigenvalue weighted by Gasteiger charge is -2.13. The van der Waals surface area contributed by atoms with E-state index in [0.717, 1.165) is 16.7 Å². The molecule has 0 bridgehead atoms. The molecule has 1 aliphatic rings. The molecule has 0 aliphatic carbocycles. The SMILES string of the molecule is O=C(O)c1cc(-c2ccc(/C=C3/SC(=O)N(Cc4ccccc4Cl)C3=O)o2)ccc1Cl. The number of nitrogens with zero attached hydrogens (tertiary/aromatic N) is 1. The molecule has 2 aromatic carbocycles. The van der Waals surface area contributed by atoms with E-state index in [1.807, 2.05) is 0 Å². The summed E-state index contributed by atoms with van der Waals surface area (Å²) in [6, 6.07) is 14.8. The maximum absolute atomic E-state index is 12.7. The molecule has 0 radical (unpaired) electrons. The molecule has 156 valence electrons. The third-order valence-corrected chi connectivity index (χ3v) is 6.15. The number of hydrogen-bond acceptors (Lipinski definition) is 5. The number of carbonyl (C=O) groups excluding carboxylic acids is 2. The van der Waals surface area contributed by atoms with Crippen molar-refractivity contribution in [2.24, 2.45) is 0 Å². The standard InChI is InChI=1S/C22H13Cl2NO5S/c23-16-4-2-1-3-13(16)11-25-20(26)19(31-22(25)29)10-14-6-8-18(30-14)12-5-7-17(24)15(9-12)21(27)28/h1-10H,11H2,(H,27,28)/b19-10+. The zero-order valence-electron chi connectivity index (χ0n) is 15.7. The summed E-state index contributed by atoms with van der Waals surface area (Å²) in [6.45, 7) is 0.0772. The molecule has 0 spiro atoms. The van der Waals surface area contributed by atoms with Crippen molar-refractivity contribution in [3.05, 3.63) is 86.4 Å². The fourth-order valence-corrected chi connectivity index (χ4v) is 4.20. The fraction of sp³-hybridized carbons (Fsp3) is 0.0455. The lowest BCUT2D eigenvalue weighted by atomic mass is 10.1. The number of carboxylic acid groups (broad SMARTS) is 1. The number of carbonyl (C=O) groups is 3. The molecule has 0 unspecified atom stereocenters. The first-order chi connectivity index (χ1) is 14.8. The van der Waals surface area contributed by atoms with E-state index >= 15 is 0 Å². The predicted octanol–water partition coefficient (Wildman–Crippen LogP) is 6.19. The molecule has 0 saturated carbocycles. The van der Waals surface area contributed by atoms with Crippen molar-refractivity contribution in [3.63, 3.8) is 0 Å². The van der Waals surface area contributed by atoms with Crippen LogP contribution in [0.2, 0.25) is 10.0 Å². The number of furan rings is 1. The normalized spacial score (nSPS) is 15.2. The van der Waals surface area contributed by atoms with E-state index in [1.165, 1.54) is 18.2 Å². The van der Waals surface area contributed by atoms with Gasteiger partial charge in [-0.05, 0) is 53.7 Å². The Morgan fingerprint density at radius 2 is 1.84 bits per heavy atom. The second-order valence-corrected chi connectivity index (χ2v) is 8.37. The number of carboxylic acids is 1. The Morgan fingerprint density at radius 1 is 1.06 bits per heavy atom. The van der Waals surface area contributed by atoms with Crippen molar-refractivity contribution >= 4 is 58.2 Å². The molecule has 1 saturated heterocycles. The third kappa shape index (κ3) is 4.39. The maximum atomic E-state index is 12.7. The van der Waals surface area contributed by atoms with Gasteiger partial charge in [0.15, 0.2) is 0 Å². The third-order valence-electron chi connectivity index (χ3n) is 4.54. The molecule has 0 atom stereocenters. The summed E-state index contributed by atoms with van der Waals surface area (Å²) in [5.41, 5.74) is 1.15. The Balaban J connectivity index is 1.56. The van der Waals surface area contributed by atoms with E-state index in [0.29, 0.717) is 27.7 Å². The highest BCUT2D eigenvalue weighted by atomic mass is 35.5. The minimum absolute atomic E-state index is 0.0437. The number of imide groups is 1. The topological polar surface area (TPSA) is 87.8 Å². The highest BCUT2D eigenvalue weighted by Gasteiger charge is 2.35. The lowest BCUT2D eigenvalue weighted by molar-refractivity contribution is -0.123. The Hall–Kier alpha value is -3.00. The second kappa shape index (κ2) is 8.63. The summed E-state index contributed by atoms with van der Waals surface area (Å²) >= 11 is 12.9. The molecule has 2 heterocycles. The molecule has 1 fully saturated rings. The highest BCUT2D eigenvalue weighted by molar-refractivity contribution is 8.18. The van der Waals surface area contributed by atoms with E-state index in [1.54, 1.807) is 42.5 Å². The van der Waals surface area contributed by atoms with Gasteiger partial charge in [-0.1, -0.05) is 41.4 Å². The van der Waals surface area contributed by atoms with Crippen molar-refractivity contribution in [1.29, 1.82) is 0 Å². The molecule has 1 aromatic heterocycles. The molecule has 1 aliphatic heterocycles. The van der Waals surface area contributed by atoms with Crippen molar-refractivity contribution in [2.75, 3.05) is 0 Å². The molecule has 9 heteroatoms. The minimum atomic E-state index is -1.15. The summed E-state index contributed by atoms with van der Waals surface area (Å²) in [4.78, 5) is 37.7. The first kappa shape index (κ1) is 21.2. The Kier molecular flexibility index (Phi) is 5.91. The molecule has 2 amide bonds. The van der Waals surface area contributed by atoms with Crippen LogP contribution in [0.1, 0.15) is 21.7 Å². The summed E-state index contributed by atoms with van der Waals surface area (Å²) in [5.74, 6) is -0.830. The summed E-state index contributed by atoms with van der Waals surface area (Å²) in [6.07, 6.45) is 1.48. The van der Waals surface area contributed by atoms with Gasteiger partial charge in [-0.15, -0.1) is 0 Å². The Labute approximate surface area is 191 Å². The fourth-order valence-electron chi connectivity index (χ4n) is 2.99. The van der Waals surface area contributed by atoms with Crippen LogP contribution in [0.5, 0.6) is 0 Å². The number of hydrogen-bond donors (Lipinski definition) is 1. The number of thioether (sulfide) groups is 1. The minimum Gasteiger partial charge on any atom is -0.478 e. The quantitative estimate of drug-likeness (QED) is 0.444. The van der Waals surface area contributed by atoms with Gasteiger partial charge in [0.1, 0.15) is 11.5 Å². The van der Waals surface area contributed by atoms with Crippen LogP contribution in [-0.2, 0) is 11.3 Å². The monoisotopic (exact) mass is 473 g/mol. The Morgan fingerprint density at radius 3 is 2.58 bits per heavy atom. The molecule has 4 rings (SSSR count). The van der Waals surface area contributed by atoms with E-state index < -0.39 is 17.1 Å². The van der Waals surface area contributed by atoms with Gasteiger partial charge in [0.05, 0.1) is 22.0 Å². The average Bonchev–Trinajstić information content (AvgIpc) is 3.30. The van der Waals surface area contributed by atoms with Gasteiger partial charge in [0, 0.05) is 16.7 Å². The van der Waals surface area contributed by atoms with Crippen LogP contribution in [0.25, 0.3) is 17.4 Å². The van der Waals surface area contributed by atoms with Crippen molar-refractivity contribution in [2.45, 2.75) is 6.54 Å². The molecular weight excluding hydrogens is 461 g/mol. The van der Waals surface area contributed by atoms with Gasteiger partial charge in [0.2, 0.25) is 0 Å². The van der Waals surface area contributed by atoms with Crippen LogP contribution >= 0.6 is 35.0 Å². The van der Waals surface area contributed by atoms with E-state index in [2.05, 4.69) is 0 Å². The van der Waals surface area contributed by atoms with Crippen molar-refractivity contribution in [3.8, 4) is 11.3 Å². The molecule has 31 heavy (non-hydrogen) atoms. The van der Waals surface area contributed by atoms with Crippen LogP contribution in [0.3, 0.4) is 0 Å². The molecule has 3 aromatic rings. The van der Waals surface area contributed by atoms with Gasteiger partial charge >= 0.3 is 5.97 Å². The van der Waals surface area contributed by atoms with Crippen LogP contribution in [-0.4, -0.2) is 27.1 Å². The lowest BCUT2D eigenvalue weighted by Crippen LogP contribution is -2.27. The number of amides is 2. The van der Waals surface area contributed by atoms with Gasteiger partial charge in [-0.25, -0.2) is 4.79 Å². The van der Waals surface area contributed by atoms with E-state index in [9.17, 15) is 19.5 Å². The smallest absolute Gasteiger partial charge is 0.337 e. The van der Waals surface area contributed by atoms with E-state index in [4.69, 9.17) is 27.6 Å². The number of aromatic carboxylic acids is 1. The van der Waals surface area contributed by atoms with Gasteiger partial charge in [-0.2, -0.15) is 0 Å². The van der Waals surface area contributed by atoms with Crippen LogP contribution < -0.4 is 0 Å². The Bertz CT molecular complexity index is 1250. The maximum Gasteiger partial charge on any atom is 0.337 e. The highest BCUT2D eigenvalue weighted by Crippen LogP contribution is 2.35. The summed E-state index contributed by atoms with van der Waals surface area (Å²) in [7, 11) is 0. The van der Waals surface area contributed by atoms with Gasteiger partial charge in [-0.3, -0.25) is 14.5 Å².